The highest BCUT2D eigenvalue weighted by Crippen LogP contribution is 2.26. The number of amides is 1. The van der Waals surface area contributed by atoms with Gasteiger partial charge in [0.15, 0.2) is 0 Å². The van der Waals surface area contributed by atoms with Crippen LogP contribution in [0.5, 0.6) is 0 Å². The van der Waals surface area contributed by atoms with E-state index in [0.29, 0.717) is 38.2 Å². The molecule has 1 amide bonds. The molecule has 0 radical (unpaired) electrons. The number of imidazole rings is 1. The zero-order valence-electron chi connectivity index (χ0n) is 18.9. The van der Waals surface area contributed by atoms with Gasteiger partial charge >= 0.3 is 0 Å². The van der Waals surface area contributed by atoms with Crippen molar-refractivity contribution >= 4 is 54.2 Å². The van der Waals surface area contributed by atoms with Gasteiger partial charge in [0.1, 0.15) is 5.82 Å². The van der Waals surface area contributed by atoms with Crippen LogP contribution in [-0.4, -0.2) is 59.5 Å². The number of aromatic nitrogens is 3. The van der Waals surface area contributed by atoms with Crippen LogP contribution in [0.3, 0.4) is 0 Å². The molecule has 178 valence electrons. The Bertz CT molecular complexity index is 1490. The highest BCUT2D eigenvalue weighted by molar-refractivity contribution is 7.89. The lowest BCUT2D eigenvalue weighted by molar-refractivity contribution is -0.116. The molecule has 1 N–H and O–H groups in total. The Hall–Kier alpha value is -2.86. The summed E-state index contributed by atoms with van der Waals surface area (Å²) in [6, 6.07) is 10.7. The van der Waals surface area contributed by atoms with E-state index in [4.69, 9.17) is 4.74 Å². The highest BCUT2D eigenvalue weighted by Gasteiger charge is 2.27. The SMILES string of the molecule is Cc1nc2ccc(NC(=O)CCc3nc4cc(S(=O)(=O)N5CCOCC5)ccc4n3C)cc2s1. The van der Waals surface area contributed by atoms with Crippen molar-refractivity contribution < 1.29 is 17.9 Å². The molecule has 0 atom stereocenters. The van der Waals surface area contributed by atoms with E-state index < -0.39 is 10.0 Å². The third-order valence-corrected chi connectivity index (χ3v) is 8.74. The third kappa shape index (κ3) is 4.43. The number of fused-ring (bicyclic) bond motifs is 2. The molecule has 11 heteroatoms. The van der Waals surface area contributed by atoms with Crippen molar-refractivity contribution in [1.82, 2.24) is 18.8 Å². The Balaban J connectivity index is 1.29. The van der Waals surface area contributed by atoms with Crippen LogP contribution in [-0.2, 0) is 33.0 Å². The number of rotatable bonds is 6. The van der Waals surface area contributed by atoms with Gasteiger partial charge in [0.2, 0.25) is 15.9 Å². The maximum atomic E-state index is 13.0. The van der Waals surface area contributed by atoms with Gasteiger partial charge in [-0.2, -0.15) is 4.31 Å². The van der Waals surface area contributed by atoms with Crippen LogP contribution in [0.2, 0.25) is 0 Å². The van der Waals surface area contributed by atoms with Crippen LogP contribution >= 0.6 is 11.3 Å². The number of nitrogens with zero attached hydrogens (tertiary/aromatic N) is 4. The van der Waals surface area contributed by atoms with Gasteiger partial charge in [-0.3, -0.25) is 4.79 Å². The lowest BCUT2D eigenvalue weighted by atomic mass is 10.2. The van der Waals surface area contributed by atoms with E-state index >= 15 is 0 Å². The van der Waals surface area contributed by atoms with Crippen molar-refractivity contribution in [1.29, 1.82) is 0 Å². The molecule has 1 saturated heterocycles. The molecule has 0 unspecified atom stereocenters. The molecule has 2 aromatic carbocycles. The summed E-state index contributed by atoms with van der Waals surface area (Å²) in [7, 11) is -1.72. The molecule has 9 nitrogen and oxygen atoms in total. The molecule has 0 saturated carbocycles. The second-order valence-electron chi connectivity index (χ2n) is 8.22. The minimum atomic E-state index is -3.60. The molecule has 1 aliphatic rings. The fraction of sp³-hybridized carbons (Fsp3) is 0.348. The molecule has 1 aliphatic heterocycles. The summed E-state index contributed by atoms with van der Waals surface area (Å²) in [5, 5.41) is 3.93. The molecule has 4 aromatic rings. The van der Waals surface area contributed by atoms with Crippen LogP contribution in [0.25, 0.3) is 21.3 Å². The summed E-state index contributed by atoms with van der Waals surface area (Å²) in [4.78, 5) is 21.8. The lowest BCUT2D eigenvalue weighted by Crippen LogP contribution is -2.40. The maximum absolute atomic E-state index is 13.0. The predicted molar refractivity (Wildman–Crippen MR) is 132 cm³/mol. The van der Waals surface area contributed by atoms with Crippen molar-refractivity contribution in [3.8, 4) is 0 Å². The normalized spacial score (nSPS) is 15.2. The first-order valence-corrected chi connectivity index (χ1v) is 13.3. The number of thiazole rings is 1. The molecular formula is C23H25N5O4S2. The Labute approximate surface area is 201 Å². The van der Waals surface area contributed by atoms with E-state index in [0.717, 1.165) is 32.3 Å². The van der Waals surface area contributed by atoms with E-state index in [9.17, 15) is 13.2 Å². The molecule has 2 aromatic heterocycles. The molecule has 0 spiro atoms. The van der Waals surface area contributed by atoms with Gasteiger partial charge in [0.25, 0.3) is 0 Å². The van der Waals surface area contributed by atoms with Gasteiger partial charge in [-0.05, 0) is 43.3 Å². The average molecular weight is 500 g/mol. The summed E-state index contributed by atoms with van der Waals surface area (Å²) in [5.74, 6) is 0.614. The topological polar surface area (TPSA) is 106 Å². The fourth-order valence-corrected chi connectivity index (χ4v) is 6.41. The van der Waals surface area contributed by atoms with E-state index in [-0.39, 0.29) is 17.2 Å². The second kappa shape index (κ2) is 9.06. The Kier molecular flexibility index (Phi) is 6.11. The van der Waals surface area contributed by atoms with Crippen LogP contribution in [0.4, 0.5) is 5.69 Å². The van der Waals surface area contributed by atoms with E-state index in [2.05, 4.69) is 15.3 Å². The number of hydrogen-bond acceptors (Lipinski definition) is 7. The van der Waals surface area contributed by atoms with E-state index in [1.165, 1.54) is 4.31 Å². The summed E-state index contributed by atoms with van der Waals surface area (Å²) >= 11 is 1.59. The van der Waals surface area contributed by atoms with Gasteiger partial charge in [-0.15, -0.1) is 11.3 Å². The van der Waals surface area contributed by atoms with Crippen molar-refractivity contribution in [3.05, 3.63) is 47.2 Å². The smallest absolute Gasteiger partial charge is 0.243 e. The van der Waals surface area contributed by atoms with Crippen molar-refractivity contribution in [2.75, 3.05) is 31.6 Å². The number of sulfonamides is 1. The molecule has 0 aliphatic carbocycles. The van der Waals surface area contributed by atoms with Gasteiger partial charge in [0, 0.05) is 38.7 Å². The number of carbonyl (C=O) groups is 1. The van der Waals surface area contributed by atoms with Crippen LogP contribution in [0, 0.1) is 6.92 Å². The monoisotopic (exact) mass is 499 g/mol. The summed E-state index contributed by atoms with van der Waals surface area (Å²) in [6.45, 7) is 3.45. The number of aryl methyl sites for hydroxylation is 3. The number of anilines is 1. The Morgan fingerprint density at radius 2 is 1.91 bits per heavy atom. The van der Waals surface area contributed by atoms with Gasteiger partial charge in [-0.25, -0.2) is 18.4 Å². The number of hydrogen-bond donors (Lipinski definition) is 1. The zero-order chi connectivity index (χ0) is 23.9. The van der Waals surface area contributed by atoms with E-state index in [1.807, 2.05) is 36.7 Å². The summed E-state index contributed by atoms with van der Waals surface area (Å²) < 4.78 is 35.6. The van der Waals surface area contributed by atoms with Gasteiger partial charge < -0.3 is 14.6 Å². The lowest BCUT2D eigenvalue weighted by Gasteiger charge is -2.26. The first-order valence-electron chi connectivity index (χ1n) is 11.0. The summed E-state index contributed by atoms with van der Waals surface area (Å²) in [5.41, 5.74) is 3.08. The Morgan fingerprint density at radius 3 is 2.71 bits per heavy atom. The number of benzene rings is 2. The van der Waals surface area contributed by atoms with Gasteiger partial charge in [-0.1, -0.05) is 0 Å². The van der Waals surface area contributed by atoms with E-state index in [1.54, 1.807) is 29.5 Å². The number of morpholine rings is 1. The average Bonchev–Trinajstić information content (AvgIpc) is 3.36. The number of ether oxygens (including phenoxy) is 1. The van der Waals surface area contributed by atoms with Gasteiger partial charge in [0.05, 0.1) is 44.4 Å². The van der Waals surface area contributed by atoms with Crippen LogP contribution < -0.4 is 5.32 Å². The molecular weight excluding hydrogens is 474 g/mol. The minimum Gasteiger partial charge on any atom is -0.379 e. The number of nitrogens with one attached hydrogen (secondary N) is 1. The molecule has 3 heterocycles. The first kappa shape index (κ1) is 22.9. The van der Waals surface area contributed by atoms with Crippen molar-refractivity contribution in [2.24, 2.45) is 7.05 Å². The second-order valence-corrected chi connectivity index (χ2v) is 11.4. The minimum absolute atomic E-state index is 0.108. The standard InChI is InChI=1S/C23H25N5O4S2/c1-15-24-18-5-3-16(13-21(18)33-15)25-23(29)8-7-22-26-19-14-17(4-6-20(19)27(22)2)34(30,31)28-9-11-32-12-10-28/h3-6,13-14H,7-12H2,1-2H3,(H,25,29). The first-order chi connectivity index (χ1) is 16.3. The van der Waals surface area contributed by atoms with Crippen molar-refractivity contribution in [3.63, 3.8) is 0 Å². The fourth-order valence-electron chi connectivity index (χ4n) is 4.12. The highest BCUT2D eigenvalue weighted by atomic mass is 32.2. The summed E-state index contributed by atoms with van der Waals surface area (Å²) in [6.07, 6.45) is 0.695. The molecule has 5 rings (SSSR count). The van der Waals surface area contributed by atoms with Crippen LogP contribution in [0.1, 0.15) is 17.3 Å². The Morgan fingerprint density at radius 1 is 1.12 bits per heavy atom. The van der Waals surface area contributed by atoms with Crippen LogP contribution in [0.15, 0.2) is 41.3 Å². The predicted octanol–water partition coefficient (Wildman–Crippen LogP) is 3.08. The quantitative estimate of drug-likeness (QED) is 0.437. The molecule has 0 bridgehead atoms. The maximum Gasteiger partial charge on any atom is 0.243 e. The zero-order valence-corrected chi connectivity index (χ0v) is 20.6. The number of carbonyl (C=O) groups excluding carboxylic acids is 1. The molecule has 34 heavy (non-hydrogen) atoms. The molecule has 1 fully saturated rings. The largest absolute Gasteiger partial charge is 0.379 e. The van der Waals surface area contributed by atoms with Crippen molar-refractivity contribution in [2.45, 2.75) is 24.7 Å². The third-order valence-electron chi connectivity index (χ3n) is 5.91.